The fourth-order valence-corrected chi connectivity index (χ4v) is 2.89. The minimum absolute atomic E-state index is 0.0903. The van der Waals surface area contributed by atoms with Crippen LogP contribution in [0.15, 0.2) is 0 Å². The Morgan fingerprint density at radius 1 is 1.33 bits per heavy atom. The maximum Gasteiger partial charge on any atom is 0.220 e. The van der Waals surface area contributed by atoms with Gasteiger partial charge in [0.15, 0.2) is 0 Å². The molecule has 1 amide bonds. The molecular weight excluding hydrogens is 228 g/mol. The van der Waals surface area contributed by atoms with Crippen molar-refractivity contribution in [2.75, 3.05) is 19.6 Å². The van der Waals surface area contributed by atoms with Crippen LogP contribution in [-0.4, -0.2) is 36.2 Å². The Hall–Kier alpha value is -0.610. The van der Waals surface area contributed by atoms with Gasteiger partial charge in [0.1, 0.15) is 0 Å². The van der Waals surface area contributed by atoms with E-state index in [1.165, 1.54) is 6.42 Å². The highest BCUT2D eigenvalue weighted by Crippen LogP contribution is 2.33. The molecule has 2 rings (SSSR count). The SMILES string of the molecule is CCC1CCC(O)(CNC(=O)CC2CNC2)CC1. The topological polar surface area (TPSA) is 61.4 Å². The monoisotopic (exact) mass is 254 g/mol. The second-order valence-electron chi connectivity index (χ2n) is 6.08. The first kappa shape index (κ1) is 13.8. The maximum absolute atomic E-state index is 11.7. The number of hydrogen-bond acceptors (Lipinski definition) is 3. The molecule has 18 heavy (non-hydrogen) atoms. The predicted octanol–water partition coefficient (Wildman–Crippen LogP) is 1.04. The first-order valence-electron chi connectivity index (χ1n) is 7.31. The van der Waals surface area contributed by atoms with Gasteiger partial charge >= 0.3 is 0 Å². The van der Waals surface area contributed by atoms with E-state index in [2.05, 4.69) is 17.6 Å². The fourth-order valence-electron chi connectivity index (χ4n) is 2.89. The third kappa shape index (κ3) is 3.69. The van der Waals surface area contributed by atoms with E-state index in [9.17, 15) is 9.90 Å². The zero-order chi connectivity index (χ0) is 13.0. The van der Waals surface area contributed by atoms with Crippen LogP contribution < -0.4 is 10.6 Å². The standard InChI is InChI=1S/C14H26N2O2/c1-2-11-3-5-14(18,6-4-11)10-16-13(17)7-12-8-15-9-12/h11-12,15,18H,2-10H2,1H3,(H,16,17). The second-order valence-corrected chi connectivity index (χ2v) is 6.08. The van der Waals surface area contributed by atoms with E-state index < -0.39 is 5.60 Å². The van der Waals surface area contributed by atoms with Crippen molar-refractivity contribution in [1.29, 1.82) is 0 Å². The van der Waals surface area contributed by atoms with E-state index in [0.29, 0.717) is 18.9 Å². The molecule has 1 saturated carbocycles. The number of aliphatic hydroxyl groups is 1. The highest BCUT2D eigenvalue weighted by atomic mass is 16.3. The van der Waals surface area contributed by atoms with Gasteiger partial charge in [0.2, 0.25) is 5.91 Å². The summed E-state index contributed by atoms with van der Waals surface area (Å²) in [5.41, 5.74) is -0.654. The van der Waals surface area contributed by atoms with Gasteiger partial charge in [-0.05, 0) is 50.6 Å². The lowest BCUT2D eigenvalue weighted by atomic mass is 9.78. The number of nitrogens with one attached hydrogen (secondary N) is 2. The molecule has 0 radical (unpaired) electrons. The van der Waals surface area contributed by atoms with Crippen molar-refractivity contribution in [1.82, 2.24) is 10.6 Å². The van der Waals surface area contributed by atoms with Crippen molar-refractivity contribution < 1.29 is 9.90 Å². The molecule has 4 nitrogen and oxygen atoms in total. The summed E-state index contributed by atoms with van der Waals surface area (Å²) in [6.07, 6.45) is 5.65. The highest BCUT2D eigenvalue weighted by Gasteiger charge is 2.33. The molecule has 2 fully saturated rings. The van der Waals surface area contributed by atoms with E-state index in [-0.39, 0.29) is 5.91 Å². The first-order chi connectivity index (χ1) is 8.61. The van der Waals surface area contributed by atoms with Crippen molar-refractivity contribution in [2.45, 2.75) is 51.0 Å². The second kappa shape index (κ2) is 6.02. The molecule has 1 saturated heterocycles. The van der Waals surface area contributed by atoms with Crippen LogP contribution in [0.2, 0.25) is 0 Å². The van der Waals surface area contributed by atoms with Crippen LogP contribution in [0, 0.1) is 11.8 Å². The largest absolute Gasteiger partial charge is 0.388 e. The Balaban J connectivity index is 1.67. The zero-order valence-corrected chi connectivity index (χ0v) is 11.4. The summed E-state index contributed by atoms with van der Waals surface area (Å²) < 4.78 is 0. The number of carbonyl (C=O) groups excluding carboxylic acids is 1. The van der Waals surface area contributed by atoms with Crippen LogP contribution >= 0.6 is 0 Å². The smallest absolute Gasteiger partial charge is 0.220 e. The zero-order valence-electron chi connectivity index (χ0n) is 11.4. The molecule has 0 aromatic rings. The third-order valence-corrected chi connectivity index (χ3v) is 4.57. The number of carbonyl (C=O) groups is 1. The van der Waals surface area contributed by atoms with Gasteiger partial charge in [-0.1, -0.05) is 13.3 Å². The molecule has 2 aliphatic rings. The first-order valence-corrected chi connectivity index (χ1v) is 7.31. The van der Waals surface area contributed by atoms with Crippen molar-refractivity contribution in [2.24, 2.45) is 11.8 Å². The lowest BCUT2D eigenvalue weighted by molar-refractivity contribution is -0.124. The lowest BCUT2D eigenvalue weighted by Gasteiger charge is -2.36. The summed E-state index contributed by atoms with van der Waals surface area (Å²) in [5, 5.41) is 16.5. The van der Waals surface area contributed by atoms with E-state index in [1.54, 1.807) is 0 Å². The van der Waals surface area contributed by atoms with Crippen LogP contribution in [-0.2, 0) is 4.79 Å². The van der Waals surface area contributed by atoms with E-state index in [4.69, 9.17) is 0 Å². The van der Waals surface area contributed by atoms with Crippen molar-refractivity contribution >= 4 is 5.91 Å². The number of hydrogen-bond donors (Lipinski definition) is 3. The molecule has 3 N–H and O–H groups in total. The molecular formula is C14H26N2O2. The van der Waals surface area contributed by atoms with Gasteiger partial charge < -0.3 is 15.7 Å². The molecule has 0 spiro atoms. The molecule has 0 bridgehead atoms. The van der Waals surface area contributed by atoms with E-state index in [1.807, 2.05) is 0 Å². The minimum atomic E-state index is -0.654. The highest BCUT2D eigenvalue weighted by molar-refractivity contribution is 5.76. The summed E-state index contributed by atoms with van der Waals surface area (Å²) in [6, 6.07) is 0. The predicted molar refractivity (Wildman–Crippen MR) is 71.2 cm³/mol. The maximum atomic E-state index is 11.7. The molecule has 0 unspecified atom stereocenters. The quantitative estimate of drug-likeness (QED) is 0.687. The number of amides is 1. The molecule has 0 atom stereocenters. The summed E-state index contributed by atoms with van der Waals surface area (Å²) in [5.74, 6) is 1.35. The van der Waals surface area contributed by atoms with Gasteiger partial charge in [-0.2, -0.15) is 0 Å². The summed E-state index contributed by atoms with van der Waals surface area (Å²) in [7, 11) is 0. The van der Waals surface area contributed by atoms with E-state index in [0.717, 1.165) is 44.7 Å². The summed E-state index contributed by atoms with van der Waals surface area (Å²) in [4.78, 5) is 11.7. The van der Waals surface area contributed by atoms with Gasteiger partial charge in [0, 0.05) is 13.0 Å². The molecule has 4 heteroatoms. The Kier molecular flexibility index (Phi) is 4.62. The summed E-state index contributed by atoms with van der Waals surface area (Å²) in [6.45, 7) is 4.55. The molecule has 1 aliphatic heterocycles. The number of rotatable bonds is 5. The van der Waals surface area contributed by atoms with Gasteiger partial charge in [-0.25, -0.2) is 0 Å². The third-order valence-electron chi connectivity index (χ3n) is 4.57. The average Bonchev–Trinajstić information content (AvgIpc) is 2.33. The minimum Gasteiger partial charge on any atom is -0.388 e. The molecule has 1 heterocycles. The van der Waals surface area contributed by atoms with E-state index >= 15 is 0 Å². The van der Waals surface area contributed by atoms with Gasteiger partial charge in [0.05, 0.1) is 5.60 Å². The van der Waals surface area contributed by atoms with Gasteiger partial charge in [-0.3, -0.25) is 4.79 Å². The van der Waals surface area contributed by atoms with Crippen LogP contribution in [0.4, 0.5) is 0 Å². The fraction of sp³-hybridized carbons (Fsp3) is 0.929. The summed E-state index contributed by atoms with van der Waals surface area (Å²) >= 11 is 0. The Bertz CT molecular complexity index is 282. The Morgan fingerprint density at radius 2 is 2.00 bits per heavy atom. The Morgan fingerprint density at radius 3 is 2.50 bits per heavy atom. The van der Waals surface area contributed by atoms with Crippen molar-refractivity contribution in [3.63, 3.8) is 0 Å². The van der Waals surface area contributed by atoms with Crippen LogP contribution in [0.25, 0.3) is 0 Å². The van der Waals surface area contributed by atoms with Crippen LogP contribution in [0.1, 0.15) is 45.4 Å². The van der Waals surface area contributed by atoms with Crippen LogP contribution in [0.5, 0.6) is 0 Å². The molecule has 0 aromatic carbocycles. The van der Waals surface area contributed by atoms with Crippen molar-refractivity contribution in [3.05, 3.63) is 0 Å². The lowest BCUT2D eigenvalue weighted by Crippen LogP contribution is -2.48. The molecule has 1 aliphatic carbocycles. The normalized spacial score (nSPS) is 32.9. The van der Waals surface area contributed by atoms with Crippen molar-refractivity contribution in [3.8, 4) is 0 Å². The molecule has 104 valence electrons. The van der Waals surface area contributed by atoms with Gasteiger partial charge in [-0.15, -0.1) is 0 Å². The average molecular weight is 254 g/mol. The van der Waals surface area contributed by atoms with Crippen LogP contribution in [0.3, 0.4) is 0 Å². The Labute approximate surface area is 110 Å². The molecule has 0 aromatic heterocycles. The van der Waals surface area contributed by atoms with Gasteiger partial charge in [0.25, 0.3) is 0 Å².